The summed E-state index contributed by atoms with van der Waals surface area (Å²) in [5.74, 6) is 0. The van der Waals surface area contributed by atoms with E-state index < -0.39 is 0 Å². The lowest BCUT2D eigenvalue weighted by Gasteiger charge is -2.27. The first-order valence-electron chi connectivity index (χ1n) is 7.10. The number of nitrogens with zero attached hydrogens (tertiary/aromatic N) is 2. The van der Waals surface area contributed by atoms with Crippen molar-refractivity contribution in [1.29, 1.82) is 0 Å². The molecule has 18 heavy (non-hydrogen) atoms. The van der Waals surface area contributed by atoms with Crippen molar-refractivity contribution in [1.82, 2.24) is 10.2 Å². The largest absolute Gasteiger partial charge is 0.372 e. The molecule has 1 saturated heterocycles. The number of rotatable bonds is 5. The summed E-state index contributed by atoms with van der Waals surface area (Å²) in [6.45, 7) is 12.2. The van der Waals surface area contributed by atoms with Crippen molar-refractivity contribution in [2.24, 2.45) is 0 Å². The van der Waals surface area contributed by atoms with Gasteiger partial charge in [-0.15, -0.1) is 0 Å². The van der Waals surface area contributed by atoms with Gasteiger partial charge in [0.25, 0.3) is 0 Å². The number of nitrogens with one attached hydrogen (secondary N) is 1. The van der Waals surface area contributed by atoms with Crippen molar-refractivity contribution in [3.63, 3.8) is 0 Å². The second kappa shape index (κ2) is 6.76. The number of piperazine rings is 1. The van der Waals surface area contributed by atoms with Gasteiger partial charge in [-0.3, -0.25) is 4.90 Å². The zero-order chi connectivity index (χ0) is 12.8. The van der Waals surface area contributed by atoms with Crippen LogP contribution in [0.25, 0.3) is 0 Å². The molecule has 0 radical (unpaired) electrons. The molecule has 1 aliphatic heterocycles. The number of hydrogen-bond donors (Lipinski definition) is 1. The van der Waals surface area contributed by atoms with Crippen LogP contribution in [0.1, 0.15) is 19.4 Å². The fraction of sp³-hybridized carbons (Fsp3) is 0.600. The van der Waals surface area contributed by atoms with E-state index in [1.165, 1.54) is 11.3 Å². The summed E-state index contributed by atoms with van der Waals surface area (Å²) in [6, 6.07) is 9.06. The summed E-state index contributed by atoms with van der Waals surface area (Å²) < 4.78 is 0. The Kier molecular flexibility index (Phi) is 5.02. The first-order chi connectivity index (χ1) is 8.83. The molecule has 0 aliphatic carbocycles. The van der Waals surface area contributed by atoms with Crippen LogP contribution in [0.15, 0.2) is 24.3 Å². The highest BCUT2D eigenvalue weighted by Crippen LogP contribution is 2.16. The highest BCUT2D eigenvalue weighted by Gasteiger charge is 2.09. The molecule has 1 fully saturated rings. The summed E-state index contributed by atoms with van der Waals surface area (Å²) in [7, 11) is 0. The Hall–Kier alpha value is -1.06. The van der Waals surface area contributed by atoms with E-state index in [0.717, 1.165) is 45.8 Å². The third-order valence-electron chi connectivity index (χ3n) is 3.68. The minimum atomic E-state index is 1.08. The van der Waals surface area contributed by atoms with Crippen molar-refractivity contribution >= 4 is 5.69 Å². The Balaban J connectivity index is 1.94. The highest BCUT2D eigenvalue weighted by atomic mass is 15.2. The molecular formula is C15H25N3. The molecule has 3 heteroatoms. The Morgan fingerprint density at radius 3 is 2.22 bits per heavy atom. The molecule has 0 saturated carbocycles. The van der Waals surface area contributed by atoms with Crippen LogP contribution in [0.5, 0.6) is 0 Å². The van der Waals surface area contributed by atoms with Gasteiger partial charge in [-0.05, 0) is 31.5 Å². The topological polar surface area (TPSA) is 18.5 Å². The monoisotopic (exact) mass is 247 g/mol. The van der Waals surface area contributed by atoms with Gasteiger partial charge in [0.2, 0.25) is 0 Å². The van der Waals surface area contributed by atoms with E-state index in [2.05, 4.69) is 53.2 Å². The van der Waals surface area contributed by atoms with Crippen molar-refractivity contribution in [2.45, 2.75) is 20.4 Å². The molecule has 0 amide bonds. The van der Waals surface area contributed by atoms with Crippen LogP contribution in [-0.2, 0) is 6.54 Å². The second-order valence-electron chi connectivity index (χ2n) is 4.86. The molecule has 1 aromatic rings. The SMILES string of the molecule is CCN(CC)c1ccc(CN2CCNCC2)cc1. The Bertz CT molecular complexity index is 337. The minimum Gasteiger partial charge on any atom is -0.372 e. The number of anilines is 1. The fourth-order valence-corrected chi connectivity index (χ4v) is 2.53. The fourth-order valence-electron chi connectivity index (χ4n) is 2.53. The van der Waals surface area contributed by atoms with Gasteiger partial charge in [0.05, 0.1) is 0 Å². The predicted octanol–water partition coefficient (Wildman–Crippen LogP) is 1.94. The van der Waals surface area contributed by atoms with Crippen LogP contribution in [0.3, 0.4) is 0 Å². The molecular weight excluding hydrogens is 222 g/mol. The zero-order valence-corrected chi connectivity index (χ0v) is 11.7. The molecule has 0 unspecified atom stereocenters. The zero-order valence-electron chi connectivity index (χ0n) is 11.7. The summed E-state index contributed by atoms with van der Waals surface area (Å²) in [5, 5.41) is 3.39. The molecule has 1 heterocycles. The van der Waals surface area contributed by atoms with Crippen molar-refractivity contribution in [2.75, 3.05) is 44.2 Å². The van der Waals surface area contributed by atoms with Crippen LogP contribution >= 0.6 is 0 Å². The molecule has 1 aliphatic rings. The highest BCUT2D eigenvalue weighted by molar-refractivity contribution is 5.47. The molecule has 0 spiro atoms. The molecule has 0 atom stereocenters. The quantitative estimate of drug-likeness (QED) is 0.858. The molecule has 0 bridgehead atoms. The smallest absolute Gasteiger partial charge is 0.0366 e. The lowest BCUT2D eigenvalue weighted by molar-refractivity contribution is 0.233. The van der Waals surface area contributed by atoms with Crippen molar-refractivity contribution < 1.29 is 0 Å². The van der Waals surface area contributed by atoms with Gasteiger partial charge in [-0.2, -0.15) is 0 Å². The Morgan fingerprint density at radius 1 is 1.06 bits per heavy atom. The van der Waals surface area contributed by atoms with Gasteiger partial charge in [-0.25, -0.2) is 0 Å². The van der Waals surface area contributed by atoms with Gasteiger partial charge in [0.15, 0.2) is 0 Å². The molecule has 1 N–H and O–H groups in total. The standard InChI is InChI=1S/C15H25N3/c1-3-18(4-2)15-7-5-14(6-8-15)13-17-11-9-16-10-12-17/h5-8,16H,3-4,9-13H2,1-2H3. The first-order valence-corrected chi connectivity index (χ1v) is 7.10. The molecule has 100 valence electrons. The summed E-state index contributed by atoms with van der Waals surface area (Å²) in [4.78, 5) is 4.90. The average molecular weight is 247 g/mol. The van der Waals surface area contributed by atoms with Gasteiger partial charge < -0.3 is 10.2 Å². The van der Waals surface area contributed by atoms with Crippen LogP contribution in [0.2, 0.25) is 0 Å². The lowest BCUT2D eigenvalue weighted by atomic mass is 10.1. The maximum atomic E-state index is 3.39. The van der Waals surface area contributed by atoms with Gasteiger partial charge in [-0.1, -0.05) is 12.1 Å². The second-order valence-corrected chi connectivity index (χ2v) is 4.86. The van der Waals surface area contributed by atoms with E-state index >= 15 is 0 Å². The van der Waals surface area contributed by atoms with Crippen molar-refractivity contribution in [3.8, 4) is 0 Å². The predicted molar refractivity (Wildman–Crippen MR) is 78.1 cm³/mol. The molecule has 1 aromatic carbocycles. The average Bonchev–Trinajstić information content (AvgIpc) is 2.43. The van der Waals surface area contributed by atoms with E-state index in [4.69, 9.17) is 0 Å². The molecule has 2 rings (SSSR count). The maximum Gasteiger partial charge on any atom is 0.0366 e. The Labute approximate surface area is 111 Å². The number of hydrogen-bond acceptors (Lipinski definition) is 3. The van der Waals surface area contributed by atoms with Crippen LogP contribution < -0.4 is 10.2 Å². The van der Waals surface area contributed by atoms with Crippen molar-refractivity contribution in [3.05, 3.63) is 29.8 Å². The maximum absolute atomic E-state index is 3.39. The first kappa shape index (κ1) is 13.4. The van der Waals surface area contributed by atoms with E-state index in [0.29, 0.717) is 0 Å². The van der Waals surface area contributed by atoms with Crippen LogP contribution in [0.4, 0.5) is 5.69 Å². The summed E-state index contributed by atoms with van der Waals surface area (Å²) in [6.07, 6.45) is 0. The normalized spacial score (nSPS) is 16.8. The van der Waals surface area contributed by atoms with E-state index in [1.54, 1.807) is 0 Å². The summed E-state index contributed by atoms with van der Waals surface area (Å²) >= 11 is 0. The molecule has 0 aromatic heterocycles. The van der Waals surface area contributed by atoms with Crippen LogP contribution in [0, 0.1) is 0 Å². The third-order valence-corrected chi connectivity index (χ3v) is 3.68. The van der Waals surface area contributed by atoms with Gasteiger partial charge in [0.1, 0.15) is 0 Å². The lowest BCUT2D eigenvalue weighted by Crippen LogP contribution is -2.42. The minimum absolute atomic E-state index is 1.08. The van der Waals surface area contributed by atoms with Gasteiger partial charge >= 0.3 is 0 Å². The van der Waals surface area contributed by atoms with Gasteiger partial charge in [0, 0.05) is 51.5 Å². The third kappa shape index (κ3) is 3.47. The number of benzene rings is 1. The molecule has 3 nitrogen and oxygen atoms in total. The van der Waals surface area contributed by atoms with E-state index in [1.807, 2.05) is 0 Å². The van der Waals surface area contributed by atoms with E-state index in [-0.39, 0.29) is 0 Å². The van der Waals surface area contributed by atoms with Crippen LogP contribution in [-0.4, -0.2) is 44.2 Å². The summed E-state index contributed by atoms with van der Waals surface area (Å²) in [5.41, 5.74) is 2.76. The Morgan fingerprint density at radius 2 is 1.67 bits per heavy atom. The van der Waals surface area contributed by atoms with E-state index in [9.17, 15) is 0 Å².